The minimum Gasteiger partial charge on any atom is -0.353 e. The van der Waals surface area contributed by atoms with Gasteiger partial charge in [0.25, 0.3) is 0 Å². The molecule has 0 bridgehead atoms. The van der Waals surface area contributed by atoms with Crippen molar-refractivity contribution in [2.24, 2.45) is 0 Å². The average molecular weight is 382 g/mol. The molecule has 30 heavy (non-hydrogen) atoms. The largest absolute Gasteiger partial charge is 0.353 e. The molecule has 0 aliphatic heterocycles. The van der Waals surface area contributed by atoms with Crippen LogP contribution in [0.15, 0.2) is 103 Å². The molecule has 0 fully saturated rings. The standard InChI is InChI=1S/C28H18N2/c1-2-10-19-18(8-1)9-7-13-21(19)26-23-12-4-6-15-25(23)30-17-16-22-20-11-3-5-14-24(20)29-27(22)28(26)30/h1-17,29H. The van der Waals surface area contributed by atoms with Gasteiger partial charge in [0.2, 0.25) is 0 Å². The Morgan fingerprint density at radius 2 is 1.30 bits per heavy atom. The Morgan fingerprint density at radius 3 is 2.23 bits per heavy atom. The van der Waals surface area contributed by atoms with Crippen LogP contribution in [0.3, 0.4) is 0 Å². The van der Waals surface area contributed by atoms with Gasteiger partial charge in [0.1, 0.15) is 0 Å². The molecule has 3 heterocycles. The minimum atomic E-state index is 1.18. The molecule has 7 rings (SSSR count). The predicted octanol–water partition coefficient (Wildman–Crippen LogP) is 7.55. The molecule has 3 aromatic heterocycles. The van der Waals surface area contributed by atoms with Gasteiger partial charge in [-0.15, -0.1) is 0 Å². The number of aromatic nitrogens is 2. The van der Waals surface area contributed by atoms with Crippen molar-refractivity contribution >= 4 is 49.0 Å². The summed E-state index contributed by atoms with van der Waals surface area (Å²) in [6.45, 7) is 0. The summed E-state index contributed by atoms with van der Waals surface area (Å²) in [5, 5.41) is 6.36. The van der Waals surface area contributed by atoms with Gasteiger partial charge in [0.05, 0.1) is 16.6 Å². The first-order valence-corrected chi connectivity index (χ1v) is 10.3. The highest BCUT2D eigenvalue weighted by Gasteiger charge is 2.19. The normalized spacial score (nSPS) is 12.0. The molecule has 0 saturated carbocycles. The Bertz CT molecular complexity index is 1740. The van der Waals surface area contributed by atoms with E-state index in [4.69, 9.17) is 0 Å². The number of H-pyrrole nitrogens is 1. The Balaban J connectivity index is 1.77. The van der Waals surface area contributed by atoms with Crippen molar-refractivity contribution < 1.29 is 0 Å². The van der Waals surface area contributed by atoms with Crippen LogP contribution in [0, 0.1) is 0 Å². The van der Waals surface area contributed by atoms with E-state index < -0.39 is 0 Å². The molecule has 0 spiro atoms. The molecule has 1 N–H and O–H groups in total. The number of pyridine rings is 1. The summed E-state index contributed by atoms with van der Waals surface area (Å²) in [5.74, 6) is 0. The summed E-state index contributed by atoms with van der Waals surface area (Å²) in [6, 6.07) is 34.8. The van der Waals surface area contributed by atoms with Crippen LogP contribution in [0.1, 0.15) is 0 Å². The van der Waals surface area contributed by atoms with Crippen LogP contribution in [0.4, 0.5) is 0 Å². The lowest BCUT2D eigenvalue weighted by Crippen LogP contribution is -1.86. The summed E-state index contributed by atoms with van der Waals surface area (Å²) in [6.07, 6.45) is 2.22. The van der Waals surface area contributed by atoms with Crippen LogP contribution in [0.5, 0.6) is 0 Å². The zero-order valence-electron chi connectivity index (χ0n) is 16.3. The van der Waals surface area contributed by atoms with E-state index in [0.29, 0.717) is 0 Å². The highest BCUT2D eigenvalue weighted by Crippen LogP contribution is 2.42. The number of hydrogen-bond donors (Lipinski definition) is 1. The molecular weight excluding hydrogens is 364 g/mol. The zero-order chi connectivity index (χ0) is 19.7. The maximum Gasteiger partial charge on any atom is 0.0784 e. The SMILES string of the molecule is c1ccc2c(-c3c4ccccc4n4ccc5c6ccccc6[nH]c5c34)cccc2c1. The number of benzene rings is 4. The van der Waals surface area contributed by atoms with Crippen LogP contribution in [-0.4, -0.2) is 9.38 Å². The molecule has 0 radical (unpaired) electrons. The fourth-order valence-electron chi connectivity index (χ4n) is 5.05. The third kappa shape index (κ3) is 1.98. The third-order valence-corrected chi connectivity index (χ3v) is 6.34. The Labute approximate surface area is 173 Å². The van der Waals surface area contributed by atoms with Gasteiger partial charge in [-0.2, -0.15) is 0 Å². The lowest BCUT2D eigenvalue weighted by atomic mass is 9.96. The fourth-order valence-corrected chi connectivity index (χ4v) is 5.05. The number of aromatic amines is 1. The lowest BCUT2D eigenvalue weighted by molar-refractivity contribution is 1.27. The van der Waals surface area contributed by atoms with E-state index in [0.717, 1.165) is 0 Å². The van der Waals surface area contributed by atoms with Crippen LogP contribution in [0.25, 0.3) is 60.1 Å². The van der Waals surface area contributed by atoms with Crippen LogP contribution in [-0.2, 0) is 0 Å². The topological polar surface area (TPSA) is 20.2 Å². The van der Waals surface area contributed by atoms with E-state index >= 15 is 0 Å². The molecule has 140 valence electrons. The van der Waals surface area contributed by atoms with Gasteiger partial charge in [0, 0.05) is 33.4 Å². The summed E-state index contributed by atoms with van der Waals surface area (Å²) < 4.78 is 2.34. The van der Waals surface area contributed by atoms with E-state index in [1.54, 1.807) is 0 Å². The first-order valence-electron chi connectivity index (χ1n) is 10.3. The minimum absolute atomic E-state index is 1.18. The van der Waals surface area contributed by atoms with Crippen LogP contribution < -0.4 is 0 Å². The molecule has 7 aromatic rings. The number of para-hydroxylation sites is 2. The molecule has 0 aliphatic carbocycles. The van der Waals surface area contributed by atoms with Gasteiger partial charge in [-0.3, -0.25) is 0 Å². The summed E-state index contributed by atoms with van der Waals surface area (Å²) >= 11 is 0. The molecule has 0 unspecified atom stereocenters. The average Bonchev–Trinajstić information content (AvgIpc) is 3.34. The lowest BCUT2D eigenvalue weighted by Gasteiger charge is -2.08. The van der Waals surface area contributed by atoms with Crippen LogP contribution >= 0.6 is 0 Å². The van der Waals surface area contributed by atoms with E-state index in [9.17, 15) is 0 Å². The molecule has 0 saturated heterocycles. The fraction of sp³-hybridized carbons (Fsp3) is 0. The number of rotatable bonds is 1. The second-order valence-electron chi connectivity index (χ2n) is 7.91. The summed E-state index contributed by atoms with van der Waals surface area (Å²) in [5.41, 5.74) is 7.40. The maximum atomic E-state index is 3.72. The number of fused-ring (bicyclic) bond motifs is 8. The van der Waals surface area contributed by atoms with E-state index in [-0.39, 0.29) is 0 Å². The van der Waals surface area contributed by atoms with E-state index in [1.165, 1.54) is 60.1 Å². The maximum absolute atomic E-state index is 3.72. The second kappa shape index (κ2) is 5.74. The molecule has 0 aliphatic rings. The smallest absolute Gasteiger partial charge is 0.0784 e. The second-order valence-corrected chi connectivity index (χ2v) is 7.91. The van der Waals surface area contributed by atoms with Gasteiger partial charge in [0.15, 0.2) is 0 Å². The highest BCUT2D eigenvalue weighted by molar-refractivity contribution is 6.21. The van der Waals surface area contributed by atoms with Gasteiger partial charge in [-0.25, -0.2) is 0 Å². The van der Waals surface area contributed by atoms with Crippen molar-refractivity contribution in [1.29, 1.82) is 0 Å². The quantitative estimate of drug-likeness (QED) is 0.302. The molecule has 2 heteroatoms. The predicted molar refractivity (Wildman–Crippen MR) is 127 cm³/mol. The molecule has 0 amide bonds. The van der Waals surface area contributed by atoms with Crippen LogP contribution in [0.2, 0.25) is 0 Å². The number of nitrogens with one attached hydrogen (secondary N) is 1. The first-order chi connectivity index (χ1) is 14.9. The first kappa shape index (κ1) is 15.8. The molecule has 2 nitrogen and oxygen atoms in total. The van der Waals surface area contributed by atoms with Crippen molar-refractivity contribution in [2.75, 3.05) is 0 Å². The van der Waals surface area contributed by atoms with Crippen molar-refractivity contribution in [2.45, 2.75) is 0 Å². The van der Waals surface area contributed by atoms with Gasteiger partial charge in [-0.1, -0.05) is 78.9 Å². The summed E-state index contributed by atoms with van der Waals surface area (Å²) in [7, 11) is 0. The van der Waals surface area contributed by atoms with E-state index in [1.807, 2.05) is 0 Å². The zero-order valence-corrected chi connectivity index (χ0v) is 16.3. The van der Waals surface area contributed by atoms with Crippen molar-refractivity contribution in [3.8, 4) is 11.1 Å². The van der Waals surface area contributed by atoms with Crippen molar-refractivity contribution in [3.63, 3.8) is 0 Å². The van der Waals surface area contributed by atoms with Crippen molar-refractivity contribution in [1.82, 2.24) is 9.38 Å². The Kier molecular flexibility index (Phi) is 3.03. The van der Waals surface area contributed by atoms with E-state index in [2.05, 4.69) is 113 Å². The number of nitrogens with zero attached hydrogens (tertiary/aromatic N) is 1. The number of hydrogen-bond acceptors (Lipinski definition) is 0. The van der Waals surface area contributed by atoms with Gasteiger partial charge in [-0.05, 0) is 34.5 Å². The van der Waals surface area contributed by atoms with Gasteiger partial charge < -0.3 is 9.38 Å². The molecule has 0 atom stereocenters. The molecular formula is C28H18N2. The Morgan fingerprint density at radius 1 is 0.567 bits per heavy atom. The van der Waals surface area contributed by atoms with Crippen molar-refractivity contribution in [3.05, 3.63) is 103 Å². The highest BCUT2D eigenvalue weighted by atomic mass is 14.9. The molecule has 4 aromatic carbocycles. The Hall–Kier alpha value is -4.04. The monoisotopic (exact) mass is 382 g/mol. The summed E-state index contributed by atoms with van der Waals surface area (Å²) in [4.78, 5) is 3.72. The third-order valence-electron chi connectivity index (χ3n) is 6.34. The van der Waals surface area contributed by atoms with Gasteiger partial charge >= 0.3 is 0 Å².